The van der Waals surface area contributed by atoms with Crippen molar-refractivity contribution in [2.75, 3.05) is 0 Å². The van der Waals surface area contributed by atoms with Gasteiger partial charge in [0.2, 0.25) is 0 Å². The normalized spacial score (nSPS) is 56.5. The third kappa shape index (κ3) is 1.73. The number of carbonyl (C=O) groups is 2. The Balaban J connectivity index is 1.80. The van der Waals surface area contributed by atoms with Crippen molar-refractivity contribution in [2.24, 2.45) is 33.5 Å². The molecule has 4 nitrogen and oxygen atoms in total. The number of carboxylic acids is 1. The molecule has 4 rings (SSSR count). The molecule has 1 spiro atoms. The molecule has 0 heterocycles. The fraction of sp³-hybridized carbons (Fsp3) is 0.900. The second-order valence-electron chi connectivity index (χ2n) is 10.0. The standard InChI is InChI=1S/C20H30O4/c1-17-7-4-13-19(3)12(5-9-20(13,11-17)10-15(17)22)18(2,16(23)24)8-6-14(19)21/h12-14,21H,4-11H2,1-3H3,(H,23,24)/t12-,13+,14-,17+,18+,19-,20+/m0/s1. The minimum absolute atomic E-state index is 0.00179. The van der Waals surface area contributed by atoms with Crippen LogP contribution in [0.25, 0.3) is 0 Å². The summed E-state index contributed by atoms with van der Waals surface area (Å²) < 4.78 is 0. The summed E-state index contributed by atoms with van der Waals surface area (Å²) in [6.07, 6.45) is 5.91. The summed E-state index contributed by atoms with van der Waals surface area (Å²) in [6, 6.07) is 0. The predicted molar refractivity (Wildman–Crippen MR) is 89.3 cm³/mol. The van der Waals surface area contributed by atoms with Crippen LogP contribution < -0.4 is 0 Å². The van der Waals surface area contributed by atoms with E-state index in [9.17, 15) is 19.8 Å². The van der Waals surface area contributed by atoms with E-state index in [1.54, 1.807) is 0 Å². The van der Waals surface area contributed by atoms with E-state index in [0.29, 0.717) is 25.0 Å². The molecule has 0 unspecified atom stereocenters. The maximum absolute atomic E-state index is 12.7. The number of aliphatic hydroxyl groups is 1. The van der Waals surface area contributed by atoms with E-state index in [-0.39, 0.29) is 28.1 Å². The van der Waals surface area contributed by atoms with Crippen molar-refractivity contribution in [1.29, 1.82) is 0 Å². The lowest BCUT2D eigenvalue weighted by Crippen LogP contribution is -2.63. The van der Waals surface area contributed by atoms with E-state index in [2.05, 4.69) is 13.8 Å². The molecule has 24 heavy (non-hydrogen) atoms. The fourth-order valence-corrected chi connectivity index (χ4v) is 7.67. The molecule has 7 atom stereocenters. The van der Waals surface area contributed by atoms with Gasteiger partial charge in [0.25, 0.3) is 0 Å². The zero-order valence-corrected chi connectivity index (χ0v) is 15.1. The Hall–Kier alpha value is -0.900. The van der Waals surface area contributed by atoms with E-state index < -0.39 is 17.5 Å². The van der Waals surface area contributed by atoms with Crippen LogP contribution in [0.4, 0.5) is 0 Å². The summed E-state index contributed by atoms with van der Waals surface area (Å²) in [6.45, 7) is 6.14. The molecule has 4 heteroatoms. The predicted octanol–water partition coefficient (Wildman–Crippen LogP) is 3.41. The topological polar surface area (TPSA) is 74.6 Å². The summed E-state index contributed by atoms with van der Waals surface area (Å²) in [5, 5.41) is 20.9. The van der Waals surface area contributed by atoms with Crippen LogP contribution in [0.15, 0.2) is 0 Å². The van der Waals surface area contributed by atoms with Crippen LogP contribution in [0.2, 0.25) is 0 Å². The highest BCUT2D eigenvalue weighted by molar-refractivity contribution is 5.88. The fourth-order valence-electron chi connectivity index (χ4n) is 7.67. The third-order valence-corrected chi connectivity index (χ3v) is 9.00. The highest BCUT2D eigenvalue weighted by Gasteiger charge is 2.70. The quantitative estimate of drug-likeness (QED) is 0.770. The Morgan fingerprint density at radius 1 is 1.04 bits per heavy atom. The van der Waals surface area contributed by atoms with Crippen molar-refractivity contribution in [3.63, 3.8) is 0 Å². The largest absolute Gasteiger partial charge is 0.481 e. The maximum Gasteiger partial charge on any atom is 0.309 e. The van der Waals surface area contributed by atoms with Crippen molar-refractivity contribution in [1.82, 2.24) is 0 Å². The Morgan fingerprint density at radius 2 is 1.71 bits per heavy atom. The zero-order chi connectivity index (χ0) is 17.5. The number of ketones is 1. The van der Waals surface area contributed by atoms with Gasteiger partial charge in [-0.25, -0.2) is 0 Å². The van der Waals surface area contributed by atoms with Crippen LogP contribution in [0.5, 0.6) is 0 Å². The molecule has 4 aliphatic carbocycles. The number of carbonyl (C=O) groups excluding carboxylic acids is 1. The number of aliphatic carboxylic acids is 1. The first-order chi connectivity index (χ1) is 11.1. The van der Waals surface area contributed by atoms with E-state index in [4.69, 9.17) is 0 Å². The summed E-state index contributed by atoms with van der Waals surface area (Å²) in [5.74, 6) is -0.0396. The van der Waals surface area contributed by atoms with Gasteiger partial charge in [-0.3, -0.25) is 9.59 Å². The molecular formula is C20H30O4. The summed E-state index contributed by atoms with van der Waals surface area (Å²) in [7, 11) is 0. The molecule has 0 saturated heterocycles. The molecule has 4 fully saturated rings. The van der Waals surface area contributed by atoms with Gasteiger partial charge in [-0.1, -0.05) is 13.8 Å². The minimum atomic E-state index is -0.751. The second kappa shape index (κ2) is 4.63. The molecule has 2 N–H and O–H groups in total. The van der Waals surface area contributed by atoms with Gasteiger partial charge in [-0.2, -0.15) is 0 Å². The first kappa shape index (κ1) is 16.6. The molecule has 2 bridgehead atoms. The van der Waals surface area contributed by atoms with Gasteiger partial charge in [-0.05, 0) is 69.1 Å². The Kier molecular flexibility index (Phi) is 3.19. The van der Waals surface area contributed by atoms with E-state index in [1.807, 2.05) is 6.92 Å². The number of Topliss-reactive ketones (excluding diaryl/α,β-unsaturated/α-hetero) is 1. The van der Waals surface area contributed by atoms with Crippen LogP contribution in [-0.4, -0.2) is 28.1 Å². The molecule has 4 saturated carbocycles. The highest BCUT2D eigenvalue weighted by atomic mass is 16.4. The third-order valence-electron chi connectivity index (χ3n) is 9.00. The van der Waals surface area contributed by atoms with Crippen molar-refractivity contribution >= 4 is 11.8 Å². The van der Waals surface area contributed by atoms with Crippen LogP contribution in [0.3, 0.4) is 0 Å². The number of hydrogen-bond donors (Lipinski definition) is 2. The zero-order valence-electron chi connectivity index (χ0n) is 15.1. The van der Waals surface area contributed by atoms with Gasteiger partial charge in [-0.15, -0.1) is 0 Å². The lowest BCUT2D eigenvalue weighted by molar-refractivity contribution is -0.213. The lowest BCUT2D eigenvalue weighted by atomic mass is 9.39. The first-order valence-electron chi connectivity index (χ1n) is 9.53. The van der Waals surface area contributed by atoms with Crippen molar-refractivity contribution in [2.45, 2.75) is 78.2 Å². The van der Waals surface area contributed by atoms with Crippen LogP contribution in [-0.2, 0) is 9.59 Å². The average molecular weight is 334 g/mol. The maximum atomic E-state index is 12.7. The van der Waals surface area contributed by atoms with Gasteiger partial charge in [0.15, 0.2) is 0 Å². The van der Waals surface area contributed by atoms with Gasteiger partial charge in [0.05, 0.1) is 11.5 Å². The monoisotopic (exact) mass is 334 g/mol. The molecule has 4 aliphatic rings. The number of hydrogen-bond acceptors (Lipinski definition) is 3. The van der Waals surface area contributed by atoms with Gasteiger partial charge in [0, 0.05) is 17.3 Å². The van der Waals surface area contributed by atoms with Crippen LogP contribution in [0.1, 0.15) is 72.1 Å². The molecule has 0 aromatic heterocycles. The van der Waals surface area contributed by atoms with E-state index >= 15 is 0 Å². The van der Waals surface area contributed by atoms with E-state index in [0.717, 1.165) is 32.1 Å². The molecule has 0 aliphatic heterocycles. The van der Waals surface area contributed by atoms with Crippen LogP contribution in [0, 0.1) is 33.5 Å². The highest BCUT2D eigenvalue weighted by Crippen LogP contribution is 2.72. The molecular weight excluding hydrogens is 304 g/mol. The first-order valence-corrected chi connectivity index (χ1v) is 9.53. The number of carboxylic acid groups (broad SMARTS) is 1. The lowest BCUT2D eigenvalue weighted by Gasteiger charge is -2.65. The van der Waals surface area contributed by atoms with Crippen molar-refractivity contribution in [3.05, 3.63) is 0 Å². The smallest absolute Gasteiger partial charge is 0.309 e. The van der Waals surface area contributed by atoms with Gasteiger partial charge < -0.3 is 10.2 Å². The second-order valence-corrected chi connectivity index (χ2v) is 10.0. The van der Waals surface area contributed by atoms with E-state index in [1.165, 1.54) is 0 Å². The molecule has 0 amide bonds. The van der Waals surface area contributed by atoms with Crippen molar-refractivity contribution < 1.29 is 19.8 Å². The van der Waals surface area contributed by atoms with Crippen LogP contribution >= 0.6 is 0 Å². The van der Waals surface area contributed by atoms with Gasteiger partial charge >= 0.3 is 5.97 Å². The molecule has 0 aromatic rings. The number of aliphatic hydroxyl groups excluding tert-OH is 1. The Morgan fingerprint density at radius 3 is 2.38 bits per heavy atom. The number of rotatable bonds is 1. The number of fused-ring (bicyclic) bond motifs is 3. The Labute approximate surface area is 144 Å². The van der Waals surface area contributed by atoms with Gasteiger partial charge in [0.1, 0.15) is 5.78 Å². The Bertz CT molecular complexity index is 615. The van der Waals surface area contributed by atoms with Crippen molar-refractivity contribution in [3.8, 4) is 0 Å². The average Bonchev–Trinajstić information content (AvgIpc) is 2.68. The summed E-state index contributed by atoms with van der Waals surface area (Å²) in [4.78, 5) is 24.7. The molecule has 0 radical (unpaired) electrons. The summed E-state index contributed by atoms with van der Waals surface area (Å²) >= 11 is 0. The molecule has 0 aromatic carbocycles. The SMILES string of the molecule is C[C@]12CC[C@H]3[C@](CC[C@@H]4[C@]3(C)[C@@H](O)CC[C@@]4(C)C(=O)O)(CC1=O)C2. The summed E-state index contributed by atoms with van der Waals surface area (Å²) in [5.41, 5.74) is -1.29. The minimum Gasteiger partial charge on any atom is -0.481 e. The molecule has 134 valence electrons.